The summed E-state index contributed by atoms with van der Waals surface area (Å²) in [7, 11) is 0. The molecule has 1 amide bonds. The van der Waals surface area contributed by atoms with Gasteiger partial charge in [0.15, 0.2) is 5.65 Å². The van der Waals surface area contributed by atoms with Gasteiger partial charge >= 0.3 is 0 Å². The third-order valence-corrected chi connectivity index (χ3v) is 5.38. The smallest absolute Gasteiger partial charge is 0.255 e. The van der Waals surface area contributed by atoms with Gasteiger partial charge < -0.3 is 9.47 Å². The molecule has 2 aliphatic heterocycles. The van der Waals surface area contributed by atoms with Gasteiger partial charge in [-0.25, -0.2) is 9.97 Å². The van der Waals surface area contributed by atoms with Crippen molar-refractivity contribution in [2.24, 2.45) is 0 Å². The normalized spacial score (nSPS) is 22.1. The minimum atomic E-state index is 0.0766. The van der Waals surface area contributed by atoms with E-state index in [0.717, 1.165) is 49.3 Å². The minimum Gasteiger partial charge on any atom is -0.333 e. The molecule has 2 bridgehead atoms. The summed E-state index contributed by atoms with van der Waals surface area (Å²) < 4.78 is 1.98. The van der Waals surface area contributed by atoms with Crippen LogP contribution in [-0.4, -0.2) is 67.4 Å². The molecular weight excluding hydrogens is 328 g/mol. The van der Waals surface area contributed by atoms with E-state index in [0.29, 0.717) is 18.2 Å². The van der Waals surface area contributed by atoms with Crippen molar-refractivity contribution >= 4 is 17.1 Å². The number of carbonyl (C=O) groups is 1. The highest BCUT2D eigenvalue weighted by atomic mass is 16.2. The van der Waals surface area contributed by atoms with E-state index >= 15 is 0 Å². The van der Waals surface area contributed by atoms with Crippen LogP contribution < -0.4 is 0 Å². The second-order valence-electron chi connectivity index (χ2n) is 7.04. The average Bonchev–Trinajstić information content (AvgIpc) is 3.26. The molecule has 5 heterocycles. The zero-order valence-electron chi connectivity index (χ0n) is 14.5. The van der Waals surface area contributed by atoms with Crippen LogP contribution in [0.15, 0.2) is 43.1 Å². The first kappa shape index (κ1) is 15.5. The molecule has 0 spiro atoms. The molecule has 2 unspecified atom stereocenters. The Bertz CT molecular complexity index is 953. The van der Waals surface area contributed by atoms with Gasteiger partial charge in [0.1, 0.15) is 5.52 Å². The summed E-state index contributed by atoms with van der Waals surface area (Å²) in [5.41, 5.74) is 3.26. The summed E-state index contributed by atoms with van der Waals surface area (Å²) in [6.07, 6.45) is 8.13. The molecule has 2 fully saturated rings. The molecule has 2 saturated heterocycles. The number of aromatic nitrogens is 4. The maximum absolute atomic E-state index is 13.0. The van der Waals surface area contributed by atoms with Crippen LogP contribution in [0, 0.1) is 0 Å². The summed E-state index contributed by atoms with van der Waals surface area (Å²) in [6, 6.07) is 6.15. The molecule has 26 heavy (non-hydrogen) atoms. The lowest BCUT2D eigenvalue weighted by atomic mass is 10.1. The fraction of sp³-hybridized carbons (Fsp3) is 0.368. The van der Waals surface area contributed by atoms with E-state index in [1.807, 2.05) is 33.9 Å². The van der Waals surface area contributed by atoms with E-state index in [4.69, 9.17) is 0 Å². The molecule has 5 rings (SSSR count). The standard InChI is InChI=1S/C19H20N6O/c26-19(25-7-6-23-5-3-16(25)12-23)15-8-17-18(21-10-15)24(13-22-17)11-14-2-1-4-20-9-14/h1-2,4,8-10,13,16H,3,5-7,11-12H2. The number of hydrogen-bond donors (Lipinski definition) is 0. The molecule has 3 aromatic rings. The van der Waals surface area contributed by atoms with Crippen molar-refractivity contribution in [3.63, 3.8) is 0 Å². The van der Waals surface area contributed by atoms with E-state index in [9.17, 15) is 4.79 Å². The second-order valence-corrected chi connectivity index (χ2v) is 7.04. The van der Waals surface area contributed by atoms with Crippen molar-refractivity contribution in [2.75, 3.05) is 26.2 Å². The van der Waals surface area contributed by atoms with Crippen molar-refractivity contribution in [1.29, 1.82) is 0 Å². The topological polar surface area (TPSA) is 67.2 Å². The first-order chi connectivity index (χ1) is 12.8. The summed E-state index contributed by atoms with van der Waals surface area (Å²) >= 11 is 0. The van der Waals surface area contributed by atoms with Crippen molar-refractivity contribution in [3.8, 4) is 0 Å². The van der Waals surface area contributed by atoms with Gasteiger partial charge in [0, 0.05) is 50.8 Å². The zero-order valence-corrected chi connectivity index (χ0v) is 14.5. The lowest BCUT2D eigenvalue weighted by molar-refractivity contribution is 0.0609. The molecule has 3 aromatic heterocycles. The van der Waals surface area contributed by atoms with Crippen molar-refractivity contribution in [3.05, 3.63) is 54.2 Å². The summed E-state index contributed by atoms with van der Waals surface area (Å²) in [6.45, 7) is 4.54. The van der Waals surface area contributed by atoms with Gasteiger partial charge in [0.2, 0.25) is 0 Å². The fourth-order valence-corrected chi connectivity index (χ4v) is 4.00. The third-order valence-electron chi connectivity index (χ3n) is 5.38. The average molecular weight is 348 g/mol. The van der Waals surface area contributed by atoms with Crippen LogP contribution in [0.3, 0.4) is 0 Å². The van der Waals surface area contributed by atoms with Gasteiger partial charge in [-0.1, -0.05) is 6.07 Å². The van der Waals surface area contributed by atoms with Gasteiger partial charge in [-0.3, -0.25) is 14.7 Å². The monoisotopic (exact) mass is 348 g/mol. The van der Waals surface area contributed by atoms with Crippen LogP contribution in [0.2, 0.25) is 0 Å². The first-order valence-corrected chi connectivity index (χ1v) is 9.01. The Labute approximate surface area is 151 Å². The predicted molar refractivity (Wildman–Crippen MR) is 96.7 cm³/mol. The summed E-state index contributed by atoms with van der Waals surface area (Å²) in [4.78, 5) is 30.5. The molecule has 0 N–H and O–H groups in total. The Morgan fingerprint density at radius 1 is 1.19 bits per heavy atom. The minimum absolute atomic E-state index is 0.0766. The largest absolute Gasteiger partial charge is 0.333 e. The van der Waals surface area contributed by atoms with Crippen molar-refractivity contribution in [1.82, 2.24) is 29.3 Å². The highest BCUT2D eigenvalue weighted by Crippen LogP contribution is 2.23. The maximum Gasteiger partial charge on any atom is 0.255 e. The van der Waals surface area contributed by atoms with E-state index in [1.54, 1.807) is 18.7 Å². The van der Waals surface area contributed by atoms with Gasteiger partial charge in [-0.2, -0.15) is 0 Å². The lowest BCUT2D eigenvalue weighted by Gasteiger charge is -2.34. The van der Waals surface area contributed by atoms with Crippen molar-refractivity contribution in [2.45, 2.75) is 19.0 Å². The van der Waals surface area contributed by atoms with Gasteiger partial charge in [0.25, 0.3) is 5.91 Å². The second kappa shape index (κ2) is 6.17. The quantitative estimate of drug-likeness (QED) is 0.716. The van der Waals surface area contributed by atoms with Crippen LogP contribution in [0.1, 0.15) is 22.3 Å². The molecule has 132 valence electrons. The Morgan fingerprint density at radius 3 is 3.04 bits per heavy atom. The van der Waals surface area contributed by atoms with Gasteiger partial charge in [-0.15, -0.1) is 0 Å². The highest BCUT2D eigenvalue weighted by Gasteiger charge is 2.35. The number of nitrogens with zero attached hydrogens (tertiary/aromatic N) is 6. The van der Waals surface area contributed by atoms with Crippen molar-refractivity contribution < 1.29 is 4.79 Å². The number of fused-ring (bicyclic) bond motifs is 3. The van der Waals surface area contributed by atoms with Crippen LogP contribution in [-0.2, 0) is 6.54 Å². The number of carbonyl (C=O) groups excluding carboxylic acids is 1. The van der Waals surface area contributed by atoms with Gasteiger partial charge in [0.05, 0.1) is 18.4 Å². The molecule has 7 heteroatoms. The maximum atomic E-state index is 13.0. The Morgan fingerprint density at radius 2 is 2.15 bits per heavy atom. The third kappa shape index (κ3) is 2.64. The number of amides is 1. The van der Waals surface area contributed by atoms with E-state index in [1.165, 1.54) is 0 Å². The number of piperazine rings is 1. The lowest BCUT2D eigenvalue weighted by Crippen LogP contribution is -2.49. The molecule has 2 aliphatic rings. The van der Waals surface area contributed by atoms with Crippen LogP contribution in [0.4, 0.5) is 0 Å². The highest BCUT2D eigenvalue weighted by molar-refractivity contribution is 5.96. The Balaban J connectivity index is 1.41. The van der Waals surface area contributed by atoms with E-state index < -0.39 is 0 Å². The summed E-state index contributed by atoms with van der Waals surface area (Å²) in [5.74, 6) is 0.0766. The molecule has 2 atom stereocenters. The predicted octanol–water partition coefficient (Wildman–Crippen LogP) is 1.40. The Hall–Kier alpha value is -2.80. The molecule has 0 aromatic carbocycles. The number of hydrogen-bond acceptors (Lipinski definition) is 5. The molecule has 0 aliphatic carbocycles. The molecule has 0 radical (unpaired) electrons. The van der Waals surface area contributed by atoms with Gasteiger partial charge in [-0.05, 0) is 24.1 Å². The number of rotatable bonds is 3. The number of pyridine rings is 2. The van der Waals surface area contributed by atoms with Crippen LogP contribution >= 0.6 is 0 Å². The van der Waals surface area contributed by atoms with E-state index in [-0.39, 0.29) is 5.91 Å². The summed E-state index contributed by atoms with van der Waals surface area (Å²) in [5, 5.41) is 0. The molecule has 0 saturated carbocycles. The SMILES string of the molecule is O=C(c1cnc2c(c1)ncn2Cc1cccnc1)N1CCN2CCC1C2. The van der Waals surface area contributed by atoms with Crippen LogP contribution in [0.5, 0.6) is 0 Å². The van der Waals surface area contributed by atoms with Crippen LogP contribution in [0.25, 0.3) is 11.2 Å². The molecule has 7 nitrogen and oxygen atoms in total. The van der Waals surface area contributed by atoms with E-state index in [2.05, 4.69) is 19.9 Å². The first-order valence-electron chi connectivity index (χ1n) is 9.01. The Kier molecular flexibility index (Phi) is 3.67. The number of imidazole rings is 1. The fourth-order valence-electron chi connectivity index (χ4n) is 4.00. The molecular formula is C19H20N6O. The zero-order chi connectivity index (χ0) is 17.5.